The molecule has 2 heterocycles. The molecule has 0 saturated carbocycles. The van der Waals surface area contributed by atoms with Gasteiger partial charge in [0.15, 0.2) is 6.61 Å². The topological polar surface area (TPSA) is 57.5 Å². The summed E-state index contributed by atoms with van der Waals surface area (Å²) in [6.45, 7) is 5.18. The number of esters is 1. The Hall–Kier alpha value is -1.92. The van der Waals surface area contributed by atoms with Crippen molar-refractivity contribution in [3.05, 3.63) is 57.3 Å². The van der Waals surface area contributed by atoms with Crippen molar-refractivity contribution in [3.63, 3.8) is 0 Å². The van der Waals surface area contributed by atoms with Crippen molar-refractivity contribution in [1.82, 2.24) is 4.57 Å². The molecule has 1 fully saturated rings. The molecule has 138 valence electrons. The van der Waals surface area contributed by atoms with Crippen LogP contribution in [0, 0.1) is 13.8 Å². The molecule has 1 saturated heterocycles. The van der Waals surface area contributed by atoms with E-state index in [1.54, 1.807) is 18.2 Å². The van der Waals surface area contributed by atoms with Crippen molar-refractivity contribution < 1.29 is 19.1 Å². The first kappa shape index (κ1) is 18.9. The fourth-order valence-electron chi connectivity index (χ4n) is 3.27. The molecule has 26 heavy (non-hydrogen) atoms. The van der Waals surface area contributed by atoms with Gasteiger partial charge in [0.05, 0.1) is 11.7 Å². The highest BCUT2D eigenvalue weighted by molar-refractivity contribution is 9.10. The second-order valence-electron chi connectivity index (χ2n) is 6.51. The highest BCUT2D eigenvalue weighted by Gasteiger charge is 2.22. The maximum Gasteiger partial charge on any atom is 0.339 e. The van der Waals surface area contributed by atoms with E-state index in [0.29, 0.717) is 15.6 Å². The normalized spacial score (nSPS) is 16.7. The number of ketones is 1. The summed E-state index contributed by atoms with van der Waals surface area (Å²) in [7, 11) is 0. The summed E-state index contributed by atoms with van der Waals surface area (Å²) >= 11 is 3.31. The van der Waals surface area contributed by atoms with E-state index in [1.165, 1.54) is 0 Å². The number of carbonyl (C=O) groups excluding carboxylic acids is 2. The molecule has 1 aliphatic heterocycles. The van der Waals surface area contributed by atoms with Crippen molar-refractivity contribution in [1.29, 1.82) is 0 Å². The van der Waals surface area contributed by atoms with E-state index < -0.39 is 5.97 Å². The quantitative estimate of drug-likeness (QED) is 0.522. The first-order chi connectivity index (χ1) is 12.5. The fraction of sp³-hybridized carbons (Fsp3) is 0.400. The predicted octanol–water partition coefficient (Wildman–Crippen LogP) is 4.09. The molecule has 0 N–H and O–H groups in total. The Morgan fingerprint density at radius 3 is 2.73 bits per heavy atom. The maximum absolute atomic E-state index is 12.6. The van der Waals surface area contributed by atoms with Gasteiger partial charge in [0.25, 0.3) is 0 Å². The van der Waals surface area contributed by atoms with Gasteiger partial charge in [-0.1, -0.05) is 12.1 Å². The first-order valence-corrected chi connectivity index (χ1v) is 9.50. The summed E-state index contributed by atoms with van der Waals surface area (Å²) in [5, 5.41) is 0. The number of nitrogens with zero attached hydrogens (tertiary/aromatic N) is 1. The summed E-state index contributed by atoms with van der Waals surface area (Å²) in [5.74, 6) is -0.712. The van der Waals surface area contributed by atoms with Gasteiger partial charge in [0.1, 0.15) is 0 Å². The van der Waals surface area contributed by atoms with Crippen LogP contribution in [0.1, 0.15) is 44.9 Å². The highest BCUT2D eigenvalue weighted by Crippen LogP contribution is 2.21. The third-order valence-corrected chi connectivity index (χ3v) is 5.40. The van der Waals surface area contributed by atoms with Crippen molar-refractivity contribution >= 4 is 27.7 Å². The Morgan fingerprint density at radius 2 is 2.04 bits per heavy atom. The number of carbonyl (C=O) groups is 2. The standard InChI is InChI=1S/C20H22BrNO4/c1-13-10-17(14(2)22(13)11-15-6-5-9-25-15)19(23)12-26-20(24)16-7-3-4-8-18(16)21/h3-4,7-8,10,15H,5-6,9,11-12H2,1-2H3/t15-/m1/s1. The average molecular weight is 420 g/mol. The smallest absolute Gasteiger partial charge is 0.339 e. The molecule has 2 aromatic rings. The van der Waals surface area contributed by atoms with Crippen LogP contribution in [-0.4, -0.2) is 35.6 Å². The van der Waals surface area contributed by atoms with Crippen molar-refractivity contribution in [2.24, 2.45) is 0 Å². The molecule has 0 bridgehead atoms. The van der Waals surface area contributed by atoms with Crippen molar-refractivity contribution in [2.75, 3.05) is 13.2 Å². The van der Waals surface area contributed by atoms with E-state index in [4.69, 9.17) is 9.47 Å². The monoisotopic (exact) mass is 419 g/mol. The minimum Gasteiger partial charge on any atom is -0.454 e. The lowest BCUT2D eigenvalue weighted by atomic mass is 10.1. The predicted molar refractivity (Wildman–Crippen MR) is 102 cm³/mol. The van der Waals surface area contributed by atoms with Crippen LogP contribution in [0.25, 0.3) is 0 Å². The molecule has 1 atom stereocenters. The molecule has 1 aromatic carbocycles. The maximum atomic E-state index is 12.6. The number of hydrogen-bond donors (Lipinski definition) is 0. The summed E-state index contributed by atoms with van der Waals surface area (Å²) in [6.07, 6.45) is 2.33. The lowest BCUT2D eigenvalue weighted by Crippen LogP contribution is -2.18. The van der Waals surface area contributed by atoms with Gasteiger partial charge in [-0.15, -0.1) is 0 Å². The minimum atomic E-state index is -0.515. The molecule has 0 aliphatic carbocycles. The van der Waals surface area contributed by atoms with Gasteiger partial charge in [0, 0.05) is 34.6 Å². The molecule has 1 aromatic heterocycles. The number of ether oxygens (including phenoxy) is 2. The average Bonchev–Trinajstić information content (AvgIpc) is 3.23. The molecule has 5 nitrogen and oxygen atoms in total. The molecular formula is C20H22BrNO4. The number of Topliss-reactive ketones (excluding diaryl/α,β-unsaturated/α-hetero) is 1. The summed E-state index contributed by atoms with van der Waals surface area (Å²) < 4.78 is 13.7. The SMILES string of the molecule is Cc1cc(C(=O)COC(=O)c2ccccc2Br)c(C)n1C[C@H]1CCCO1. The minimum absolute atomic E-state index is 0.197. The van der Waals surface area contributed by atoms with Crippen LogP contribution in [0.3, 0.4) is 0 Å². The van der Waals surface area contributed by atoms with Gasteiger partial charge in [-0.05, 0) is 60.8 Å². The van der Waals surface area contributed by atoms with Crippen LogP contribution >= 0.6 is 15.9 Å². The van der Waals surface area contributed by atoms with Crippen molar-refractivity contribution in [2.45, 2.75) is 39.3 Å². The molecule has 0 amide bonds. The number of aromatic nitrogens is 1. The Labute approximate surface area is 161 Å². The Bertz CT molecular complexity index is 821. The molecule has 0 radical (unpaired) electrons. The Balaban J connectivity index is 1.66. The number of benzene rings is 1. The summed E-state index contributed by atoms with van der Waals surface area (Å²) in [6, 6.07) is 8.84. The van der Waals surface area contributed by atoms with E-state index in [2.05, 4.69) is 20.5 Å². The molecule has 0 unspecified atom stereocenters. The van der Waals surface area contributed by atoms with Crippen LogP contribution in [0.5, 0.6) is 0 Å². The Morgan fingerprint density at radius 1 is 1.27 bits per heavy atom. The van der Waals surface area contributed by atoms with Gasteiger partial charge in [0.2, 0.25) is 5.78 Å². The second kappa shape index (κ2) is 8.18. The Kier molecular flexibility index (Phi) is 5.94. The van der Waals surface area contributed by atoms with Crippen LogP contribution in [0.15, 0.2) is 34.8 Å². The van der Waals surface area contributed by atoms with Crippen LogP contribution in [-0.2, 0) is 16.0 Å². The van der Waals surface area contributed by atoms with E-state index in [0.717, 1.165) is 37.4 Å². The number of halogens is 1. The van der Waals surface area contributed by atoms with E-state index in [-0.39, 0.29) is 18.5 Å². The van der Waals surface area contributed by atoms with Gasteiger partial charge in [-0.2, -0.15) is 0 Å². The fourth-order valence-corrected chi connectivity index (χ4v) is 3.72. The van der Waals surface area contributed by atoms with Gasteiger partial charge < -0.3 is 14.0 Å². The van der Waals surface area contributed by atoms with E-state index in [1.807, 2.05) is 26.0 Å². The molecule has 0 spiro atoms. The first-order valence-electron chi connectivity index (χ1n) is 8.70. The van der Waals surface area contributed by atoms with Gasteiger partial charge in [-0.3, -0.25) is 4.79 Å². The van der Waals surface area contributed by atoms with Crippen LogP contribution in [0.4, 0.5) is 0 Å². The third-order valence-electron chi connectivity index (χ3n) is 4.71. The molecule has 3 rings (SSSR count). The number of aryl methyl sites for hydroxylation is 1. The molecular weight excluding hydrogens is 398 g/mol. The lowest BCUT2D eigenvalue weighted by molar-refractivity contribution is 0.0473. The van der Waals surface area contributed by atoms with E-state index >= 15 is 0 Å². The lowest BCUT2D eigenvalue weighted by Gasteiger charge is -2.14. The van der Waals surface area contributed by atoms with Crippen LogP contribution in [0.2, 0.25) is 0 Å². The zero-order valence-corrected chi connectivity index (χ0v) is 16.5. The van der Waals surface area contributed by atoms with Gasteiger partial charge >= 0.3 is 5.97 Å². The number of hydrogen-bond acceptors (Lipinski definition) is 4. The third kappa shape index (κ3) is 4.07. The molecule has 6 heteroatoms. The highest BCUT2D eigenvalue weighted by atomic mass is 79.9. The zero-order chi connectivity index (χ0) is 18.7. The zero-order valence-electron chi connectivity index (χ0n) is 15.0. The number of rotatable bonds is 6. The van der Waals surface area contributed by atoms with Gasteiger partial charge in [-0.25, -0.2) is 4.79 Å². The summed E-state index contributed by atoms with van der Waals surface area (Å²) in [5.41, 5.74) is 2.91. The van der Waals surface area contributed by atoms with E-state index in [9.17, 15) is 9.59 Å². The largest absolute Gasteiger partial charge is 0.454 e. The van der Waals surface area contributed by atoms with Crippen molar-refractivity contribution in [3.8, 4) is 0 Å². The molecule has 1 aliphatic rings. The summed E-state index contributed by atoms with van der Waals surface area (Å²) in [4.78, 5) is 24.7. The second-order valence-corrected chi connectivity index (χ2v) is 7.36. The van der Waals surface area contributed by atoms with Crippen LogP contribution < -0.4 is 0 Å².